The fraction of sp³-hybridized carbons (Fsp3) is 0.0667. The maximum Gasteiger partial charge on any atom is 0.307 e. The number of carbonyl (C=O) groups is 1. The van der Waals surface area contributed by atoms with E-state index in [1.807, 2.05) is 30.3 Å². The van der Waals surface area contributed by atoms with Gasteiger partial charge < -0.3 is 5.11 Å². The third-order valence-corrected chi connectivity index (χ3v) is 4.57. The minimum absolute atomic E-state index is 0.0143. The molecule has 20 heavy (non-hydrogen) atoms. The largest absolute Gasteiger partial charge is 0.481 e. The fourth-order valence-corrected chi connectivity index (χ4v) is 3.12. The number of nitrogens with zero attached hydrogens (tertiary/aromatic N) is 1. The van der Waals surface area contributed by atoms with E-state index in [1.165, 1.54) is 0 Å². The van der Waals surface area contributed by atoms with E-state index in [9.17, 15) is 4.79 Å². The number of nitriles is 1. The lowest BCUT2D eigenvalue weighted by Gasteiger charge is -2.06. The molecule has 0 saturated carbocycles. The zero-order valence-corrected chi connectivity index (χ0v) is 12.7. The Morgan fingerprint density at radius 3 is 2.50 bits per heavy atom. The van der Waals surface area contributed by atoms with E-state index in [0.717, 1.165) is 19.8 Å². The Morgan fingerprint density at radius 1 is 1.25 bits per heavy atom. The molecule has 0 bridgehead atoms. The van der Waals surface area contributed by atoms with Crippen molar-refractivity contribution in [3.8, 4) is 6.07 Å². The molecule has 5 heteroatoms. The smallest absolute Gasteiger partial charge is 0.307 e. The quantitative estimate of drug-likeness (QED) is 0.904. The Labute approximate surface area is 129 Å². The highest BCUT2D eigenvalue weighted by molar-refractivity contribution is 9.10. The van der Waals surface area contributed by atoms with E-state index in [0.29, 0.717) is 5.56 Å². The molecule has 0 aliphatic carbocycles. The zero-order valence-electron chi connectivity index (χ0n) is 10.3. The van der Waals surface area contributed by atoms with Crippen molar-refractivity contribution in [1.29, 1.82) is 5.26 Å². The van der Waals surface area contributed by atoms with Crippen LogP contribution in [-0.2, 0) is 11.2 Å². The molecule has 100 valence electrons. The van der Waals surface area contributed by atoms with Crippen molar-refractivity contribution in [3.63, 3.8) is 0 Å². The Bertz CT molecular complexity index is 677. The summed E-state index contributed by atoms with van der Waals surface area (Å²) >= 11 is 5.01. The zero-order chi connectivity index (χ0) is 14.5. The summed E-state index contributed by atoms with van der Waals surface area (Å²) in [6, 6.07) is 14.9. The topological polar surface area (TPSA) is 61.1 Å². The fourth-order valence-electron chi connectivity index (χ4n) is 1.64. The Kier molecular flexibility index (Phi) is 4.83. The lowest BCUT2D eigenvalue weighted by molar-refractivity contribution is -0.136. The van der Waals surface area contributed by atoms with E-state index in [2.05, 4.69) is 22.0 Å². The second-order valence-corrected chi connectivity index (χ2v) is 6.04. The molecule has 0 heterocycles. The van der Waals surface area contributed by atoms with Crippen molar-refractivity contribution in [2.45, 2.75) is 16.2 Å². The number of benzene rings is 2. The van der Waals surface area contributed by atoms with Crippen LogP contribution in [0.2, 0.25) is 0 Å². The van der Waals surface area contributed by atoms with Crippen LogP contribution in [0.3, 0.4) is 0 Å². The summed E-state index contributed by atoms with van der Waals surface area (Å²) < 4.78 is 0.866. The van der Waals surface area contributed by atoms with Crippen molar-refractivity contribution in [2.75, 3.05) is 0 Å². The molecule has 1 N–H and O–H groups in total. The second kappa shape index (κ2) is 6.60. The highest BCUT2D eigenvalue weighted by Gasteiger charge is 2.06. The number of hydrogen-bond donors (Lipinski definition) is 1. The number of carboxylic acids is 1. The average molecular weight is 348 g/mol. The van der Waals surface area contributed by atoms with Gasteiger partial charge in [-0.2, -0.15) is 5.26 Å². The van der Waals surface area contributed by atoms with E-state index >= 15 is 0 Å². The number of halogens is 1. The summed E-state index contributed by atoms with van der Waals surface area (Å²) in [7, 11) is 0. The van der Waals surface area contributed by atoms with Gasteiger partial charge >= 0.3 is 5.97 Å². The lowest BCUT2D eigenvalue weighted by atomic mass is 10.2. The van der Waals surface area contributed by atoms with Crippen LogP contribution in [0.25, 0.3) is 0 Å². The van der Waals surface area contributed by atoms with Gasteiger partial charge in [-0.25, -0.2) is 0 Å². The molecular weight excluding hydrogens is 338 g/mol. The van der Waals surface area contributed by atoms with E-state index in [1.54, 1.807) is 23.9 Å². The molecule has 0 fully saturated rings. The standard InChI is InChI=1S/C15H10BrNO2S/c16-13-7-11(8-15(18)19)3-6-14(13)20-12-4-1-10(9-17)2-5-12/h1-7H,8H2,(H,18,19). The van der Waals surface area contributed by atoms with Crippen LogP contribution in [0.15, 0.2) is 56.7 Å². The molecule has 0 unspecified atom stereocenters. The monoisotopic (exact) mass is 347 g/mol. The van der Waals surface area contributed by atoms with Gasteiger partial charge in [0.15, 0.2) is 0 Å². The first kappa shape index (κ1) is 14.6. The minimum Gasteiger partial charge on any atom is -0.481 e. The molecule has 0 aliphatic heterocycles. The van der Waals surface area contributed by atoms with Crippen molar-refractivity contribution in [3.05, 3.63) is 58.1 Å². The molecule has 0 aromatic heterocycles. The Balaban J connectivity index is 2.16. The van der Waals surface area contributed by atoms with Gasteiger partial charge in [-0.05, 0) is 57.9 Å². The van der Waals surface area contributed by atoms with Crippen LogP contribution in [-0.4, -0.2) is 11.1 Å². The van der Waals surface area contributed by atoms with Gasteiger partial charge in [-0.3, -0.25) is 4.79 Å². The van der Waals surface area contributed by atoms with Crippen LogP contribution in [0.1, 0.15) is 11.1 Å². The first-order valence-electron chi connectivity index (χ1n) is 5.77. The number of aliphatic carboxylic acids is 1. The predicted molar refractivity (Wildman–Crippen MR) is 80.8 cm³/mol. The molecule has 0 spiro atoms. The van der Waals surface area contributed by atoms with Gasteiger partial charge in [0.2, 0.25) is 0 Å². The van der Waals surface area contributed by atoms with Gasteiger partial charge in [0.05, 0.1) is 18.1 Å². The molecule has 0 amide bonds. The summed E-state index contributed by atoms with van der Waals surface area (Å²) in [5.74, 6) is -0.843. The Morgan fingerprint density at radius 2 is 1.95 bits per heavy atom. The highest BCUT2D eigenvalue weighted by Crippen LogP contribution is 2.34. The maximum atomic E-state index is 10.7. The second-order valence-electron chi connectivity index (χ2n) is 4.07. The molecule has 0 atom stereocenters. The number of rotatable bonds is 4. The molecule has 2 aromatic carbocycles. The first-order valence-corrected chi connectivity index (χ1v) is 7.37. The molecule has 2 aromatic rings. The summed E-state index contributed by atoms with van der Waals surface area (Å²) in [6.45, 7) is 0. The highest BCUT2D eigenvalue weighted by atomic mass is 79.9. The van der Waals surface area contributed by atoms with Gasteiger partial charge in [0.1, 0.15) is 0 Å². The van der Waals surface area contributed by atoms with Crippen LogP contribution >= 0.6 is 27.7 Å². The predicted octanol–water partition coefficient (Wildman–Crippen LogP) is 4.10. The van der Waals surface area contributed by atoms with Crippen LogP contribution in [0.5, 0.6) is 0 Å². The summed E-state index contributed by atoms with van der Waals surface area (Å²) in [5, 5.41) is 17.5. The van der Waals surface area contributed by atoms with E-state index in [4.69, 9.17) is 10.4 Å². The molecule has 3 nitrogen and oxygen atoms in total. The molecule has 0 aliphatic rings. The molecule has 0 saturated heterocycles. The van der Waals surface area contributed by atoms with Crippen LogP contribution in [0, 0.1) is 11.3 Å². The normalized spacial score (nSPS) is 10.0. The molecule has 0 radical (unpaired) electrons. The third-order valence-electron chi connectivity index (χ3n) is 2.56. The number of hydrogen-bond acceptors (Lipinski definition) is 3. The Hall–Kier alpha value is -1.77. The van der Waals surface area contributed by atoms with Crippen molar-refractivity contribution < 1.29 is 9.90 Å². The summed E-state index contributed by atoms with van der Waals surface area (Å²) in [6.07, 6.45) is 0.0143. The first-order chi connectivity index (χ1) is 9.58. The van der Waals surface area contributed by atoms with E-state index < -0.39 is 5.97 Å². The number of carboxylic acid groups (broad SMARTS) is 1. The third kappa shape index (κ3) is 3.86. The SMILES string of the molecule is N#Cc1ccc(Sc2ccc(CC(=O)O)cc2Br)cc1. The summed E-state index contributed by atoms with van der Waals surface area (Å²) in [4.78, 5) is 12.7. The minimum atomic E-state index is -0.843. The van der Waals surface area contributed by atoms with Crippen molar-refractivity contribution >= 4 is 33.7 Å². The lowest BCUT2D eigenvalue weighted by Crippen LogP contribution is -1.99. The van der Waals surface area contributed by atoms with Gasteiger partial charge in [0.25, 0.3) is 0 Å². The summed E-state index contributed by atoms with van der Waals surface area (Å²) in [5.41, 5.74) is 1.39. The van der Waals surface area contributed by atoms with E-state index in [-0.39, 0.29) is 6.42 Å². The molecular formula is C15H10BrNO2S. The van der Waals surface area contributed by atoms with Crippen LogP contribution in [0.4, 0.5) is 0 Å². The van der Waals surface area contributed by atoms with Crippen molar-refractivity contribution in [2.24, 2.45) is 0 Å². The van der Waals surface area contributed by atoms with Crippen molar-refractivity contribution in [1.82, 2.24) is 0 Å². The van der Waals surface area contributed by atoms with Crippen LogP contribution < -0.4 is 0 Å². The van der Waals surface area contributed by atoms with Gasteiger partial charge in [0, 0.05) is 14.3 Å². The molecule has 2 rings (SSSR count). The average Bonchev–Trinajstić information content (AvgIpc) is 2.42. The maximum absolute atomic E-state index is 10.7. The van der Waals surface area contributed by atoms with Gasteiger partial charge in [-0.15, -0.1) is 0 Å². The van der Waals surface area contributed by atoms with Gasteiger partial charge in [-0.1, -0.05) is 17.8 Å².